The number of aryl methyl sites for hydroxylation is 1. The predicted octanol–water partition coefficient (Wildman–Crippen LogP) is 3.03. The van der Waals surface area contributed by atoms with E-state index >= 15 is 0 Å². The summed E-state index contributed by atoms with van der Waals surface area (Å²) in [5.41, 5.74) is 2.72. The van der Waals surface area contributed by atoms with Gasteiger partial charge in [0.2, 0.25) is 5.78 Å². The molecule has 6 nitrogen and oxygen atoms in total. The van der Waals surface area contributed by atoms with Crippen molar-refractivity contribution >= 4 is 11.8 Å². The number of ketones is 1. The van der Waals surface area contributed by atoms with Crippen LogP contribution in [0.1, 0.15) is 44.9 Å². The molecule has 0 spiro atoms. The fraction of sp³-hybridized carbons (Fsp3) is 0.400. The molecule has 1 aromatic carbocycles. The van der Waals surface area contributed by atoms with Crippen molar-refractivity contribution in [2.45, 2.75) is 39.3 Å². The summed E-state index contributed by atoms with van der Waals surface area (Å²) in [5, 5.41) is 9.25. The Morgan fingerprint density at radius 2 is 2.00 bits per heavy atom. The van der Waals surface area contributed by atoms with Crippen LogP contribution < -0.4 is 0 Å². The maximum atomic E-state index is 12.5. The third kappa shape index (κ3) is 3.96. The third-order valence-corrected chi connectivity index (χ3v) is 4.72. The first-order valence-electron chi connectivity index (χ1n) is 8.73. The molecule has 2 heterocycles. The lowest BCUT2D eigenvalue weighted by Crippen LogP contribution is -2.18. The topological polar surface area (TPSA) is 77.8 Å². The van der Waals surface area contributed by atoms with E-state index in [1.54, 1.807) is 0 Å². The molecule has 1 fully saturated rings. The summed E-state index contributed by atoms with van der Waals surface area (Å²) in [6.45, 7) is 5.07. The number of Topliss-reactive ketones (excluding diaryl/α,β-unsaturated/α-hetero) is 1. The highest BCUT2D eigenvalue weighted by Crippen LogP contribution is 2.21. The Bertz CT molecular complexity index is 800. The van der Waals surface area contributed by atoms with Gasteiger partial charge in [-0.3, -0.25) is 4.79 Å². The van der Waals surface area contributed by atoms with Crippen LogP contribution in [0.25, 0.3) is 0 Å². The second-order valence-corrected chi connectivity index (χ2v) is 6.58. The Hall–Kier alpha value is -2.60. The summed E-state index contributed by atoms with van der Waals surface area (Å²) in [6.07, 6.45) is 2.29. The first kappa shape index (κ1) is 18.2. The van der Waals surface area contributed by atoms with Gasteiger partial charge < -0.3 is 19.1 Å². The summed E-state index contributed by atoms with van der Waals surface area (Å²) in [4.78, 5) is 24.5. The maximum absolute atomic E-state index is 12.5. The largest absolute Gasteiger partial charge is 0.508 e. The van der Waals surface area contributed by atoms with Gasteiger partial charge in [-0.2, -0.15) is 0 Å². The molecular weight excluding hydrogens is 334 g/mol. The molecule has 3 rings (SSSR count). The average Bonchev–Trinajstić information content (AvgIpc) is 3.24. The number of esters is 1. The number of carbonyl (C=O) groups is 2. The fourth-order valence-corrected chi connectivity index (χ4v) is 3.25. The highest BCUT2D eigenvalue weighted by molar-refractivity contribution is 6.00. The summed E-state index contributed by atoms with van der Waals surface area (Å²) < 4.78 is 12.9. The van der Waals surface area contributed by atoms with E-state index in [1.165, 1.54) is 24.3 Å². The van der Waals surface area contributed by atoms with Crippen molar-refractivity contribution in [1.29, 1.82) is 0 Å². The lowest BCUT2D eigenvalue weighted by Gasteiger charge is -2.14. The lowest BCUT2D eigenvalue weighted by atomic mass is 10.1. The highest BCUT2D eigenvalue weighted by Gasteiger charge is 2.21. The fourth-order valence-electron chi connectivity index (χ4n) is 3.25. The molecule has 0 bridgehead atoms. The number of ether oxygens (including phenoxy) is 2. The molecule has 6 heteroatoms. The van der Waals surface area contributed by atoms with Crippen molar-refractivity contribution in [2.75, 3.05) is 13.2 Å². The van der Waals surface area contributed by atoms with Gasteiger partial charge in [-0.1, -0.05) is 0 Å². The van der Waals surface area contributed by atoms with Gasteiger partial charge >= 0.3 is 5.97 Å². The number of hydrogen-bond donors (Lipinski definition) is 1. The van der Waals surface area contributed by atoms with Crippen molar-refractivity contribution in [3.05, 3.63) is 52.8 Å². The van der Waals surface area contributed by atoms with Crippen molar-refractivity contribution < 1.29 is 24.2 Å². The van der Waals surface area contributed by atoms with Crippen LogP contribution in [-0.2, 0) is 16.0 Å². The normalized spacial score (nSPS) is 16.6. The van der Waals surface area contributed by atoms with Gasteiger partial charge in [0, 0.05) is 30.1 Å². The van der Waals surface area contributed by atoms with Gasteiger partial charge in [0.1, 0.15) is 5.75 Å². The monoisotopic (exact) mass is 357 g/mol. The number of phenols is 1. The van der Waals surface area contributed by atoms with Gasteiger partial charge in [0.25, 0.3) is 0 Å². The second-order valence-electron chi connectivity index (χ2n) is 6.58. The quantitative estimate of drug-likeness (QED) is 0.635. The SMILES string of the molecule is Cc1cc(C(=O)COC(=O)c2ccc(O)cc2)c(C)n1C[C@@H]1CCCO1. The molecule has 2 aromatic rings. The predicted molar refractivity (Wildman–Crippen MR) is 95.6 cm³/mol. The summed E-state index contributed by atoms with van der Waals surface area (Å²) in [7, 11) is 0. The maximum Gasteiger partial charge on any atom is 0.338 e. The van der Waals surface area contributed by atoms with Crippen LogP contribution in [0, 0.1) is 13.8 Å². The molecule has 0 saturated carbocycles. The van der Waals surface area contributed by atoms with Crippen molar-refractivity contribution in [3.8, 4) is 5.75 Å². The molecular formula is C20H23NO5. The van der Waals surface area contributed by atoms with Crippen molar-refractivity contribution in [3.63, 3.8) is 0 Å². The van der Waals surface area contributed by atoms with Crippen LogP contribution in [0.3, 0.4) is 0 Å². The van der Waals surface area contributed by atoms with Gasteiger partial charge in [-0.25, -0.2) is 4.79 Å². The van der Waals surface area contributed by atoms with Gasteiger partial charge in [0.15, 0.2) is 6.61 Å². The van der Waals surface area contributed by atoms with Crippen LogP contribution >= 0.6 is 0 Å². The molecule has 1 aromatic heterocycles. The molecule has 1 aliphatic rings. The molecule has 1 N–H and O–H groups in total. The van der Waals surface area contributed by atoms with E-state index in [-0.39, 0.29) is 24.2 Å². The zero-order chi connectivity index (χ0) is 18.7. The summed E-state index contributed by atoms with van der Waals surface area (Å²) in [5.74, 6) is -0.758. The Balaban J connectivity index is 1.64. The zero-order valence-electron chi connectivity index (χ0n) is 15.0. The van der Waals surface area contributed by atoms with Crippen LogP contribution in [-0.4, -0.2) is 40.7 Å². The van der Waals surface area contributed by atoms with E-state index in [4.69, 9.17) is 9.47 Å². The molecule has 0 radical (unpaired) electrons. The van der Waals surface area contributed by atoms with E-state index in [2.05, 4.69) is 4.57 Å². The van der Waals surface area contributed by atoms with Gasteiger partial charge in [-0.05, 0) is 57.0 Å². The summed E-state index contributed by atoms with van der Waals surface area (Å²) in [6, 6.07) is 7.54. The molecule has 138 valence electrons. The molecule has 1 saturated heterocycles. The van der Waals surface area contributed by atoms with Gasteiger partial charge in [-0.15, -0.1) is 0 Å². The number of carbonyl (C=O) groups excluding carboxylic acids is 2. The Morgan fingerprint density at radius 1 is 1.27 bits per heavy atom. The van der Waals surface area contributed by atoms with Crippen LogP contribution in [0.2, 0.25) is 0 Å². The molecule has 0 unspecified atom stereocenters. The Kier molecular flexibility index (Phi) is 5.42. The molecule has 0 amide bonds. The van der Waals surface area contributed by atoms with Gasteiger partial charge in [0.05, 0.1) is 11.7 Å². The molecule has 1 aliphatic heterocycles. The molecule has 26 heavy (non-hydrogen) atoms. The average molecular weight is 357 g/mol. The van der Waals surface area contributed by atoms with Crippen molar-refractivity contribution in [2.24, 2.45) is 0 Å². The van der Waals surface area contributed by atoms with E-state index in [1.807, 2.05) is 19.9 Å². The lowest BCUT2D eigenvalue weighted by molar-refractivity contribution is 0.0474. The number of aromatic nitrogens is 1. The standard InChI is InChI=1S/C20H23NO5/c1-13-10-18(14(2)21(13)11-17-4-3-9-25-17)19(23)12-26-20(24)15-5-7-16(22)8-6-15/h5-8,10,17,22H,3-4,9,11-12H2,1-2H3/t17-/m0/s1. The highest BCUT2D eigenvalue weighted by atomic mass is 16.5. The second kappa shape index (κ2) is 7.74. The number of benzene rings is 1. The number of nitrogens with zero attached hydrogens (tertiary/aromatic N) is 1. The van der Waals surface area contributed by atoms with E-state index in [0.29, 0.717) is 11.1 Å². The minimum Gasteiger partial charge on any atom is -0.508 e. The first-order valence-corrected chi connectivity index (χ1v) is 8.73. The summed E-state index contributed by atoms with van der Waals surface area (Å²) >= 11 is 0. The number of hydrogen-bond acceptors (Lipinski definition) is 5. The zero-order valence-corrected chi connectivity index (χ0v) is 15.0. The minimum atomic E-state index is -0.591. The minimum absolute atomic E-state index is 0.0660. The first-order chi connectivity index (χ1) is 12.5. The van der Waals surface area contributed by atoms with Crippen LogP contribution in [0.5, 0.6) is 5.75 Å². The number of phenolic OH excluding ortho intramolecular Hbond substituents is 1. The Morgan fingerprint density at radius 3 is 2.65 bits per heavy atom. The van der Waals surface area contributed by atoms with Crippen LogP contribution in [0.15, 0.2) is 30.3 Å². The van der Waals surface area contributed by atoms with Crippen LogP contribution in [0.4, 0.5) is 0 Å². The number of rotatable bonds is 6. The molecule has 0 aliphatic carbocycles. The third-order valence-electron chi connectivity index (χ3n) is 4.72. The van der Waals surface area contributed by atoms with E-state index in [9.17, 15) is 14.7 Å². The van der Waals surface area contributed by atoms with Crippen molar-refractivity contribution in [1.82, 2.24) is 4.57 Å². The number of aromatic hydroxyl groups is 1. The smallest absolute Gasteiger partial charge is 0.338 e. The Labute approximate surface area is 152 Å². The van der Waals surface area contributed by atoms with E-state index < -0.39 is 5.97 Å². The molecule has 1 atom stereocenters. The van der Waals surface area contributed by atoms with E-state index in [0.717, 1.165) is 37.4 Å².